The lowest BCUT2D eigenvalue weighted by Gasteiger charge is -2.11. The van der Waals surface area contributed by atoms with Gasteiger partial charge in [-0.05, 0) is 30.3 Å². The van der Waals surface area contributed by atoms with Crippen molar-refractivity contribution in [3.8, 4) is 6.07 Å². The predicted octanol–water partition coefficient (Wildman–Crippen LogP) is 3.82. The molecule has 1 N–H and O–H groups in total. The molecule has 26 heavy (non-hydrogen) atoms. The normalized spacial score (nSPS) is 11.6. The number of para-hydroxylation sites is 1. The van der Waals surface area contributed by atoms with E-state index in [2.05, 4.69) is 10.3 Å². The maximum atomic E-state index is 13.8. The molecule has 6 heteroatoms. The number of amides is 1. The van der Waals surface area contributed by atoms with Gasteiger partial charge in [-0.3, -0.25) is 14.6 Å². The Morgan fingerprint density at radius 3 is 2.65 bits per heavy atom. The molecule has 0 aliphatic rings. The summed E-state index contributed by atoms with van der Waals surface area (Å²) in [5, 5.41) is 12.7. The Hall–Kier alpha value is -3.59. The SMILES string of the molecule is CC(=O)Nc1cc(C(=O)[C@H](C#N)c2ccc3ccccc3n2)ccc1F. The Balaban J connectivity index is 1.98. The van der Waals surface area contributed by atoms with E-state index in [0.717, 1.165) is 11.5 Å². The summed E-state index contributed by atoms with van der Waals surface area (Å²) in [6.45, 7) is 1.24. The van der Waals surface area contributed by atoms with Gasteiger partial charge in [-0.15, -0.1) is 0 Å². The molecular formula is C20H14FN3O2. The van der Waals surface area contributed by atoms with Gasteiger partial charge in [0.2, 0.25) is 5.91 Å². The Kier molecular flexibility index (Phi) is 4.72. The van der Waals surface area contributed by atoms with Crippen LogP contribution in [0.25, 0.3) is 10.9 Å². The van der Waals surface area contributed by atoms with E-state index in [1.807, 2.05) is 24.3 Å². The lowest BCUT2D eigenvalue weighted by Crippen LogP contribution is -2.14. The number of ketones is 1. The Labute approximate surface area is 149 Å². The number of nitrogens with zero attached hydrogens (tertiary/aromatic N) is 2. The molecule has 0 spiro atoms. The van der Waals surface area contributed by atoms with Crippen molar-refractivity contribution >= 4 is 28.3 Å². The van der Waals surface area contributed by atoms with Gasteiger partial charge in [0.1, 0.15) is 5.82 Å². The lowest BCUT2D eigenvalue weighted by atomic mass is 9.94. The number of carbonyl (C=O) groups is 2. The third-order valence-electron chi connectivity index (χ3n) is 3.87. The summed E-state index contributed by atoms with van der Waals surface area (Å²) in [4.78, 5) is 28.3. The van der Waals surface area contributed by atoms with E-state index in [4.69, 9.17) is 0 Å². The third kappa shape index (κ3) is 3.42. The van der Waals surface area contributed by atoms with Crippen molar-refractivity contribution in [3.63, 3.8) is 0 Å². The van der Waals surface area contributed by atoms with Crippen LogP contribution in [0.15, 0.2) is 54.6 Å². The summed E-state index contributed by atoms with van der Waals surface area (Å²) in [5.41, 5.74) is 1.01. The molecule has 0 radical (unpaired) electrons. The number of nitrogens with one attached hydrogen (secondary N) is 1. The lowest BCUT2D eigenvalue weighted by molar-refractivity contribution is -0.114. The summed E-state index contributed by atoms with van der Waals surface area (Å²) in [6, 6.07) is 16.4. The van der Waals surface area contributed by atoms with E-state index in [1.54, 1.807) is 18.2 Å². The molecule has 3 aromatic rings. The average molecular weight is 347 g/mol. The van der Waals surface area contributed by atoms with Crippen LogP contribution in [0.3, 0.4) is 0 Å². The van der Waals surface area contributed by atoms with Gasteiger partial charge in [0, 0.05) is 17.9 Å². The number of anilines is 1. The average Bonchev–Trinajstić information content (AvgIpc) is 2.63. The second kappa shape index (κ2) is 7.11. The van der Waals surface area contributed by atoms with Crippen LogP contribution in [-0.4, -0.2) is 16.7 Å². The number of rotatable bonds is 4. The fraction of sp³-hybridized carbons (Fsp3) is 0.100. The summed E-state index contributed by atoms with van der Waals surface area (Å²) in [5.74, 6) is -2.76. The second-order valence-electron chi connectivity index (χ2n) is 5.73. The zero-order valence-corrected chi connectivity index (χ0v) is 13.9. The van der Waals surface area contributed by atoms with Gasteiger partial charge in [-0.25, -0.2) is 4.39 Å². The van der Waals surface area contributed by atoms with Gasteiger partial charge in [-0.2, -0.15) is 5.26 Å². The summed E-state index contributed by atoms with van der Waals surface area (Å²) in [6.07, 6.45) is 0. The topological polar surface area (TPSA) is 82.9 Å². The molecule has 0 unspecified atom stereocenters. The highest BCUT2D eigenvalue weighted by molar-refractivity contribution is 6.04. The molecule has 0 aliphatic carbocycles. The van der Waals surface area contributed by atoms with E-state index >= 15 is 0 Å². The first-order valence-corrected chi connectivity index (χ1v) is 7.86. The second-order valence-corrected chi connectivity index (χ2v) is 5.73. The van der Waals surface area contributed by atoms with Crippen LogP contribution in [-0.2, 0) is 4.79 Å². The van der Waals surface area contributed by atoms with Gasteiger partial charge in [-0.1, -0.05) is 24.3 Å². The summed E-state index contributed by atoms with van der Waals surface area (Å²) < 4.78 is 13.8. The molecule has 0 saturated heterocycles. The minimum Gasteiger partial charge on any atom is -0.324 e. The van der Waals surface area contributed by atoms with Crippen molar-refractivity contribution in [2.24, 2.45) is 0 Å². The van der Waals surface area contributed by atoms with Crippen molar-refractivity contribution in [3.05, 3.63) is 71.7 Å². The Morgan fingerprint density at radius 2 is 1.92 bits per heavy atom. The van der Waals surface area contributed by atoms with E-state index in [1.165, 1.54) is 19.1 Å². The minimum absolute atomic E-state index is 0.105. The number of aromatic nitrogens is 1. The predicted molar refractivity (Wildman–Crippen MR) is 95.1 cm³/mol. The fourth-order valence-electron chi connectivity index (χ4n) is 2.63. The molecule has 0 bridgehead atoms. The van der Waals surface area contributed by atoms with Gasteiger partial charge in [0.25, 0.3) is 0 Å². The number of halogens is 1. The maximum absolute atomic E-state index is 13.8. The van der Waals surface area contributed by atoms with Gasteiger partial charge < -0.3 is 5.32 Å². The van der Waals surface area contributed by atoms with Crippen LogP contribution in [0.5, 0.6) is 0 Å². The quantitative estimate of drug-likeness (QED) is 0.727. The molecule has 1 heterocycles. The van der Waals surface area contributed by atoms with E-state index in [9.17, 15) is 19.2 Å². The van der Waals surface area contributed by atoms with Crippen LogP contribution in [0.1, 0.15) is 28.9 Å². The standard InChI is InChI=1S/C20H14FN3O2/c1-12(25)23-19-10-14(6-8-16(19)21)20(26)15(11-22)18-9-7-13-4-2-3-5-17(13)24-18/h2-10,15H,1H3,(H,23,25)/t15-/m1/s1. The first kappa shape index (κ1) is 17.2. The molecule has 2 aromatic carbocycles. The van der Waals surface area contributed by atoms with E-state index < -0.39 is 23.4 Å². The number of hydrogen-bond donors (Lipinski definition) is 1. The largest absolute Gasteiger partial charge is 0.324 e. The van der Waals surface area contributed by atoms with Gasteiger partial charge in [0.05, 0.1) is 23.0 Å². The summed E-state index contributed by atoms with van der Waals surface area (Å²) in [7, 11) is 0. The van der Waals surface area contributed by atoms with Crippen molar-refractivity contribution in [2.75, 3.05) is 5.32 Å². The number of Topliss-reactive ketones (excluding diaryl/α,β-unsaturated/α-hetero) is 1. The molecule has 0 saturated carbocycles. The van der Waals surface area contributed by atoms with Crippen molar-refractivity contribution in [1.82, 2.24) is 4.98 Å². The molecular weight excluding hydrogens is 333 g/mol. The smallest absolute Gasteiger partial charge is 0.221 e. The minimum atomic E-state index is -1.13. The molecule has 3 rings (SSSR count). The van der Waals surface area contributed by atoms with Crippen LogP contribution in [0.2, 0.25) is 0 Å². The van der Waals surface area contributed by atoms with E-state index in [0.29, 0.717) is 11.2 Å². The molecule has 1 atom stereocenters. The van der Waals surface area contributed by atoms with Gasteiger partial charge in [0.15, 0.2) is 11.7 Å². The zero-order chi connectivity index (χ0) is 18.7. The van der Waals surface area contributed by atoms with Crippen LogP contribution < -0.4 is 5.32 Å². The van der Waals surface area contributed by atoms with Crippen molar-refractivity contribution < 1.29 is 14.0 Å². The molecule has 1 aromatic heterocycles. The van der Waals surface area contributed by atoms with E-state index in [-0.39, 0.29) is 11.3 Å². The molecule has 5 nitrogen and oxygen atoms in total. The zero-order valence-electron chi connectivity index (χ0n) is 13.9. The monoisotopic (exact) mass is 347 g/mol. The highest BCUT2D eigenvalue weighted by Crippen LogP contribution is 2.24. The van der Waals surface area contributed by atoms with Crippen molar-refractivity contribution in [2.45, 2.75) is 12.8 Å². The maximum Gasteiger partial charge on any atom is 0.221 e. The van der Waals surface area contributed by atoms with Crippen LogP contribution in [0.4, 0.5) is 10.1 Å². The number of benzene rings is 2. The third-order valence-corrected chi connectivity index (χ3v) is 3.87. The summed E-state index contributed by atoms with van der Waals surface area (Å²) >= 11 is 0. The number of carbonyl (C=O) groups excluding carboxylic acids is 2. The fourth-order valence-corrected chi connectivity index (χ4v) is 2.63. The van der Waals surface area contributed by atoms with Gasteiger partial charge >= 0.3 is 0 Å². The number of pyridine rings is 1. The molecule has 0 fully saturated rings. The highest BCUT2D eigenvalue weighted by Gasteiger charge is 2.24. The molecule has 128 valence electrons. The Bertz CT molecular complexity index is 1060. The Morgan fingerprint density at radius 1 is 1.15 bits per heavy atom. The van der Waals surface area contributed by atoms with Crippen LogP contribution in [0, 0.1) is 17.1 Å². The van der Waals surface area contributed by atoms with Crippen LogP contribution >= 0.6 is 0 Å². The molecule has 1 amide bonds. The molecule has 0 aliphatic heterocycles. The number of fused-ring (bicyclic) bond motifs is 1. The first-order valence-electron chi connectivity index (χ1n) is 7.86. The van der Waals surface area contributed by atoms with Crippen molar-refractivity contribution in [1.29, 1.82) is 5.26 Å². The first-order chi connectivity index (χ1) is 12.5. The highest BCUT2D eigenvalue weighted by atomic mass is 19.1. The number of hydrogen-bond acceptors (Lipinski definition) is 4. The number of nitriles is 1.